The first-order valence-electron chi connectivity index (χ1n) is 3.13. The van der Waals surface area contributed by atoms with Gasteiger partial charge in [0.15, 0.2) is 0 Å². The monoisotopic (exact) mass is 156 g/mol. The molecule has 0 aromatic rings. The molecule has 0 bridgehead atoms. The lowest BCUT2D eigenvalue weighted by molar-refractivity contribution is -0.110. The van der Waals surface area contributed by atoms with E-state index in [1.165, 1.54) is 0 Å². The first kappa shape index (κ1) is 7.38. The summed E-state index contributed by atoms with van der Waals surface area (Å²) in [6.07, 6.45) is 2.53. The lowest BCUT2D eigenvalue weighted by atomic mass is 9.88. The Morgan fingerprint density at radius 2 is 2.40 bits per heavy atom. The van der Waals surface area contributed by atoms with E-state index in [9.17, 15) is 4.79 Å². The number of aliphatic imine (C=N–C) groups is 1. The van der Waals surface area contributed by atoms with E-state index in [4.69, 9.17) is 0 Å². The fourth-order valence-corrected chi connectivity index (χ4v) is 1.15. The van der Waals surface area contributed by atoms with Crippen molar-refractivity contribution in [1.82, 2.24) is 5.32 Å². The maximum absolute atomic E-state index is 9.89. The molecule has 0 saturated heterocycles. The molecular weight excluding hydrogens is 148 g/mol. The minimum absolute atomic E-state index is 0.301. The number of thiocarbonyl (C=S) groups is 1. The molecule has 1 aliphatic carbocycles. The predicted molar refractivity (Wildman–Crippen MR) is 41.0 cm³/mol. The highest BCUT2D eigenvalue weighted by atomic mass is 32.1. The first-order valence-corrected chi connectivity index (χ1v) is 3.54. The van der Waals surface area contributed by atoms with E-state index < -0.39 is 0 Å². The van der Waals surface area contributed by atoms with E-state index in [-0.39, 0.29) is 0 Å². The van der Waals surface area contributed by atoms with Gasteiger partial charge in [-0.25, -0.2) is 4.99 Å². The molecule has 3 nitrogen and oxygen atoms in total. The Morgan fingerprint density at radius 1 is 1.70 bits per heavy atom. The molecule has 0 aromatic heterocycles. The van der Waals surface area contributed by atoms with Gasteiger partial charge in [-0.05, 0) is 25.1 Å². The SMILES string of the molecule is O=CN[C@H]1C[C@@H](N=C=S)C1. The zero-order valence-electron chi connectivity index (χ0n) is 5.41. The molecule has 1 rings (SSSR count). The van der Waals surface area contributed by atoms with Gasteiger partial charge >= 0.3 is 0 Å². The van der Waals surface area contributed by atoms with Crippen LogP contribution in [0.1, 0.15) is 12.8 Å². The van der Waals surface area contributed by atoms with E-state index in [0.717, 1.165) is 19.3 Å². The van der Waals surface area contributed by atoms with Gasteiger partial charge in [-0.1, -0.05) is 0 Å². The number of carbonyl (C=O) groups is 1. The molecule has 54 valence electrons. The van der Waals surface area contributed by atoms with E-state index in [1.54, 1.807) is 0 Å². The van der Waals surface area contributed by atoms with Gasteiger partial charge in [-0.2, -0.15) is 0 Å². The van der Waals surface area contributed by atoms with Crippen LogP contribution in [0.5, 0.6) is 0 Å². The zero-order valence-corrected chi connectivity index (χ0v) is 6.23. The second-order valence-electron chi connectivity index (χ2n) is 2.33. The van der Waals surface area contributed by atoms with Crippen LogP contribution in [0.3, 0.4) is 0 Å². The van der Waals surface area contributed by atoms with Gasteiger partial charge in [0.1, 0.15) is 0 Å². The lowest BCUT2D eigenvalue weighted by Crippen LogP contribution is -2.42. The highest BCUT2D eigenvalue weighted by molar-refractivity contribution is 7.78. The van der Waals surface area contributed by atoms with Gasteiger partial charge in [0.05, 0.1) is 11.2 Å². The quantitative estimate of drug-likeness (QED) is 0.364. The fraction of sp³-hybridized carbons (Fsp3) is 0.667. The van der Waals surface area contributed by atoms with Crippen molar-refractivity contribution in [1.29, 1.82) is 0 Å². The van der Waals surface area contributed by atoms with E-state index in [2.05, 4.69) is 27.7 Å². The molecule has 1 aliphatic rings. The second kappa shape index (κ2) is 3.44. The van der Waals surface area contributed by atoms with Crippen LogP contribution in [0.25, 0.3) is 0 Å². The molecule has 0 aromatic carbocycles. The van der Waals surface area contributed by atoms with Crippen LogP contribution in [-0.2, 0) is 4.79 Å². The van der Waals surface area contributed by atoms with Crippen LogP contribution in [-0.4, -0.2) is 23.7 Å². The summed E-state index contributed by atoms with van der Waals surface area (Å²) in [6, 6.07) is 0.615. The molecule has 0 aliphatic heterocycles. The summed E-state index contributed by atoms with van der Waals surface area (Å²) in [7, 11) is 0. The van der Waals surface area contributed by atoms with Crippen LogP contribution in [0.4, 0.5) is 0 Å². The fourth-order valence-electron chi connectivity index (χ4n) is 1.00. The van der Waals surface area contributed by atoms with Crippen molar-refractivity contribution in [3.63, 3.8) is 0 Å². The molecule has 1 saturated carbocycles. The van der Waals surface area contributed by atoms with Crippen molar-refractivity contribution in [2.24, 2.45) is 4.99 Å². The topological polar surface area (TPSA) is 41.5 Å². The van der Waals surface area contributed by atoms with Crippen LogP contribution >= 0.6 is 12.2 Å². The molecule has 10 heavy (non-hydrogen) atoms. The molecule has 0 heterocycles. The number of nitrogens with one attached hydrogen (secondary N) is 1. The van der Waals surface area contributed by atoms with Gasteiger partial charge in [-0.15, -0.1) is 0 Å². The normalized spacial score (nSPS) is 29.6. The Balaban J connectivity index is 2.17. The Kier molecular flexibility index (Phi) is 2.54. The summed E-state index contributed by atoms with van der Waals surface area (Å²) in [5.41, 5.74) is 0. The lowest BCUT2D eigenvalue weighted by Gasteiger charge is -2.30. The van der Waals surface area contributed by atoms with E-state index >= 15 is 0 Å². The summed E-state index contributed by atoms with van der Waals surface area (Å²) in [5, 5.41) is 4.99. The standard InChI is InChI=1S/C6H8N2OS/c9-3-7-5-1-6(2-5)8-4-10/h3,5-6H,1-2H2,(H,7,9)/t5-,6+. The predicted octanol–water partition coefficient (Wildman–Crippen LogP) is 0.366. The number of rotatable bonds is 3. The highest BCUT2D eigenvalue weighted by Gasteiger charge is 2.27. The molecule has 1 amide bonds. The van der Waals surface area contributed by atoms with Crippen molar-refractivity contribution < 1.29 is 4.79 Å². The van der Waals surface area contributed by atoms with Crippen molar-refractivity contribution >= 4 is 23.8 Å². The summed E-state index contributed by atoms with van der Waals surface area (Å²) in [5.74, 6) is 0. The van der Waals surface area contributed by atoms with Crippen molar-refractivity contribution in [2.45, 2.75) is 24.9 Å². The van der Waals surface area contributed by atoms with E-state index in [1.807, 2.05) is 0 Å². The average Bonchev–Trinajstić information content (AvgIpc) is 1.84. The molecule has 0 spiro atoms. The second-order valence-corrected chi connectivity index (χ2v) is 2.51. The number of nitrogens with zero attached hydrogens (tertiary/aromatic N) is 1. The molecule has 0 unspecified atom stereocenters. The van der Waals surface area contributed by atoms with Crippen LogP contribution in [0, 0.1) is 0 Å². The minimum Gasteiger partial charge on any atom is -0.356 e. The summed E-state index contributed by atoms with van der Waals surface area (Å²) < 4.78 is 0. The molecule has 4 heteroatoms. The molecule has 0 radical (unpaired) electrons. The Hall–Kier alpha value is -0.730. The number of amides is 1. The number of hydrogen-bond donors (Lipinski definition) is 1. The third kappa shape index (κ3) is 1.62. The average molecular weight is 156 g/mol. The summed E-state index contributed by atoms with van der Waals surface area (Å²) >= 11 is 4.43. The number of hydrogen-bond acceptors (Lipinski definition) is 3. The van der Waals surface area contributed by atoms with Crippen molar-refractivity contribution in [3.8, 4) is 0 Å². The van der Waals surface area contributed by atoms with Gasteiger partial charge in [0, 0.05) is 6.04 Å². The van der Waals surface area contributed by atoms with Crippen LogP contribution in [0.15, 0.2) is 4.99 Å². The minimum atomic E-state index is 0.301. The van der Waals surface area contributed by atoms with Gasteiger partial charge in [0.2, 0.25) is 6.41 Å². The number of isothiocyanates is 1. The van der Waals surface area contributed by atoms with Crippen LogP contribution in [0.2, 0.25) is 0 Å². The van der Waals surface area contributed by atoms with Crippen molar-refractivity contribution in [2.75, 3.05) is 0 Å². The Bertz CT molecular complexity index is 171. The smallest absolute Gasteiger partial charge is 0.207 e. The van der Waals surface area contributed by atoms with Crippen LogP contribution < -0.4 is 5.32 Å². The Morgan fingerprint density at radius 3 is 2.90 bits per heavy atom. The largest absolute Gasteiger partial charge is 0.356 e. The van der Waals surface area contributed by atoms with Crippen molar-refractivity contribution in [3.05, 3.63) is 0 Å². The third-order valence-corrected chi connectivity index (χ3v) is 1.76. The van der Waals surface area contributed by atoms with Gasteiger partial charge < -0.3 is 5.32 Å². The molecule has 1 fully saturated rings. The van der Waals surface area contributed by atoms with Gasteiger partial charge in [0.25, 0.3) is 0 Å². The number of carbonyl (C=O) groups excluding carboxylic acids is 1. The Labute approximate surface area is 64.5 Å². The maximum Gasteiger partial charge on any atom is 0.207 e. The maximum atomic E-state index is 9.89. The molecule has 0 atom stereocenters. The summed E-state index contributed by atoms with van der Waals surface area (Å²) in [6.45, 7) is 0. The van der Waals surface area contributed by atoms with Gasteiger partial charge in [-0.3, -0.25) is 4.79 Å². The molecular formula is C6H8N2OS. The first-order chi connectivity index (χ1) is 4.86. The molecule has 1 N–H and O–H groups in total. The zero-order chi connectivity index (χ0) is 7.40. The van der Waals surface area contributed by atoms with E-state index in [0.29, 0.717) is 12.1 Å². The highest BCUT2D eigenvalue weighted by Crippen LogP contribution is 2.22. The summed E-state index contributed by atoms with van der Waals surface area (Å²) in [4.78, 5) is 13.8. The third-order valence-electron chi connectivity index (χ3n) is 1.65.